The number of nitrogens with one attached hydrogen (secondary N) is 2. The summed E-state index contributed by atoms with van der Waals surface area (Å²) in [4.78, 5) is 6.77. The van der Waals surface area contributed by atoms with Crippen LogP contribution >= 0.6 is 24.0 Å². The SMILES string of the molecule is CCNC(=NCc1ccc(N(C)C)cc1C)NCCCOC.I. The number of ether oxygens (including phenoxy) is 1. The van der Waals surface area contributed by atoms with Crippen molar-refractivity contribution < 1.29 is 4.74 Å². The molecule has 0 aliphatic carbocycles. The standard InChI is InChI=1S/C17H30N4O.HI/c1-6-18-17(19-10-7-11-22-5)20-13-15-8-9-16(21(3)4)12-14(15)2;/h8-9,12H,6-7,10-11,13H2,1-5H3,(H2,18,19,20);1H. The van der Waals surface area contributed by atoms with Crippen molar-refractivity contribution in [3.8, 4) is 0 Å². The van der Waals surface area contributed by atoms with E-state index in [-0.39, 0.29) is 24.0 Å². The van der Waals surface area contributed by atoms with E-state index in [0.29, 0.717) is 6.54 Å². The maximum atomic E-state index is 5.05. The first-order valence-corrected chi connectivity index (χ1v) is 7.86. The van der Waals surface area contributed by atoms with Crippen LogP contribution in [0.25, 0.3) is 0 Å². The zero-order valence-electron chi connectivity index (χ0n) is 15.0. The largest absolute Gasteiger partial charge is 0.385 e. The molecule has 0 atom stereocenters. The lowest BCUT2D eigenvalue weighted by atomic mass is 10.1. The summed E-state index contributed by atoms with van der Waals surface area (Å²) in [6.45, 7) is 7.36. The van der Waals surface area contributed by atoms with Gasteiger partial charge in [-0.3, -0.25) is 0 Å². The van der Waals surface area contributed by atoms with Crippen molar-refractivity contribution in [2.45, 2.75) is 26.8 Å². The topological polar surface area (TPSA) is 48.9 Å². The molecule has 132 valence electrons. The lowest BCUT2D eigenvalue weighted by molar-refractivity contribution is 0.195. The third-order valence-electron chi connectivity index (χ3n) is 3.41. The number of aryl methyl sites for hydroxylation is 1. The Morgan fingerprint density at radius 3 is 2.57 bits per heavy atom. The zero-order valence-corrected chi connectivity index (χ0v) is 17.3. The fourth-order valence-corrected chi connectivity index (χ4v) is 2.06. The molecule has 0 heterocycles. The maximum Gasteiger partial charge on any atom is 0.191 e. The van der Waals surface area contributed by atoms with Gasteiger partial charge in [0.15, 0.2) is 5.96 Å². The average molecular weight is 434 g/mol. The van der Waals surface area contributed by atoms with Crippen LogP contribution in [0.4, 0.5) is 5.69 Å². The maximum absolute atomic E-state index is 5.05. The Bertz CT molecular complexity index is 478. The highest BCUT2D eigenvalue weighted by molar-refractivity contribution is 14.0. The molecule has 0 unspecified atom stereocenters. The van der Waals surface area contributed by atoms with Crippen LogP contribution in [0.2, 0.25) is 0 Å². The highest BCUT2D eigenvalue weighted by atomic mass is 127. The minimum absolute atomic E-state index is 0. The number of guanidine groups is 1. The third kappa shape index (κ3) is 8.41. The first-order valence-electron chi connectivity index (χ1n) is 7.86. The van der Waals surface area contributed by atoms with Crippen LogP contribution in [0.1, 0.15) is 24.5 Å². The molecule has 0 aliphatic heterocycles. The molecule has 5 nitrogen and oxygen atoms in total. The van der Waals surface area contributed by atoms with Crippen LogP contribution in [-0.4, -0.2) is 46.9 Å². The number of nitrogens with zero attached hydrogens (tertiary/aromatic N) is 2. The van der Waals surface area contributed by atoms with Gasteiger partial charge in [-0.1, -0.05) is 6.07 Å². The van der Waals surface area contributed by atoms with Crippen molar-refractivity contribution in [1.82, 2.24) is 10.6 Å². The molecule has 0 spiro atoms. The van der Waals surface area contributed by atoms with Crippen LogP contribution in [0.5, 0.6) is 0 Å². The summed E-state index contributed by atoms with van der Waals surface area (Å²) in [7, 11) is 5.83. The van der Waals surface area contributed by atoms with Crippen molar-refractivity contribution in [1.29, 1.82) is 0 Å². The second kappa shape index (κ2) is 12.4. The quantitative estimate of drug-likeness (QED) is 0.286. The van der Waals surface area contributed by atoms with E-state index >= 15 is 0 Å². The number of methoxy groups -OCH3 is 1. The van der Waals surface area contributed by atoms with Gasteiger partial charge in [-0.2, -0.15) is 0 Å². The second-order valence-electron chi connectivity index (χ2n) is 5.47. The molecule has 1 aromatic rings. The molecule has 0 aromatic heterocycles. The minimum atomic E-state index is 0. The molecule has 6 heteroatoms. The lowest BCUT2D eigenvalue weighted by Gasteiger charge is -2.15. The molecule has 23 heavy (non-hydrogen) atoms. The molecule has 1 rings (SSSR count). The van der Waals surface area contributed by atoms with Gasteiger partial charge in [0.1, 0.15) is 0 Å². The van der Waals surface area contributed by atoms with Crippen molar-refractivity contribution in [3.63, 3.8) is 0 Å². The number of halogens is 1. The van der Waals surface area contributed by atoms with Crippen LogP contribution in [0, 0.1) is 6.92 Å². The van der Waals surface area contributed by atoms with Gasteiger partial charge < -0.3 is 20.3 Å². The predicted molar refractivity (Wildman–Crippen MR) is 110 cm³/mol. The Labute approximate surface area is 157 Å². The molecule has 0 bridgehead atoms. The second-order valence-corrected chi connectivity index (χ2v) is 5.47. The van der Waals surface area contributed by atoms with E-state index < -0.39 is 0 Å². The summed E-state index contributed by atoms with van der Waals surface area (Å²) < 4.78 is 5.05. The Kier molecular flexibility index (Phi) is 11.9. The molecule has 0 fully saturated rings. The van der Waals surface area contributed by atoms with Gasteiger partial charge in [0, 0.05) is 46.6 Å². The molecule has 0 saturated heterocycles. The van der Waals surface area contributed by atoms with Crippen molar-refractivity contribution in [3.05, 3.63) is 29.3 Å². The summed E-state index contributed by atoms with van der Waals surface area (Å²) >= 11 is 0. The van der Waals surface area contributed by atoms with Gasteiger partial charge in [0.05, 0.1) is 6.54 Å². The van der Waals surface area contributed by atoms with Crippen molar-refractivity contribution in [2.75, 3.05) is 45.8 Å². The molecule has 2 N–H and O–H groups in total. The lowest BCUT2D eigenvalue weighted by Crippen LogP contribution is -2.38. The number of anilines is 1. The average Bonchev–Trinajstić information content (AvgIpc) is 2.49. The predicted octanol–water partition coefficient (Wildman–Crippen LogP) is 2.77. The summed E-state index contributed by atoms with van der Waals surface area (Å²) in [5, 5.41) is 6.59. The van der Waals surface area contributed by atoms with Crippen LogP contribution in [0.15, 0.2) is 23.2 Å². The number of hydrogen-bond donors (Lipinski definition) is 2. The van der Waals surface area contributed by atoms with E-state index in [2.05, 4.69) is 66.7 Å². The molecular formula is C17H31IN4O. The van der Waals surface area contributed by atoms with E-state index in [9.17, 15) is 0 Å². The number of rotatable bonds is 8. The summed E-state index contributed by atoms with van der Waals surface area (Å²) in [6.07, 6.45) is 0.970. The normalized spacial score (nSPS) is 10.9. The van der Waals surface area contributed by atoms with E-state index in [1.165, 1.54) is 16.8 Å². The van der Waals surface area contributed by atoms with Crippen molar-refractivity contribution >= 4 is 35.6 Å². The number of benzene rings is 1. The van der Waals surface area contributed by atoms with Gasteiger partial charge in [-0.15, -0.1) is 24.0 Å². The van der Waals surface area contributed by atoms with E-state index in [4.69, 9.17) is 4.74 Å². The Balaban J connectivity index is 0.00000484. The van der Waals surface area contributed by atoms with Gasteiger partial charge in [-0.25, -0.2) is 4.99 Å². The Hall–Kier alpha value is -1.02. The monoisotopic (exact) mass is 434 g/mol. The summed E-state index contributed by atoms with van der Waals surface area (Å²) in [5.74, 6) is 0.856. The smallest absolute Gasteiger partial charge is 0.191 e. The van der Waals surface area contributed by atoms with Crippen molar-refractivity contribution in [2.24, 2.45) is 4.99 Å². The molecule has 1 aromatic carbocycles. The third-order valence-corrected chi connectivity index (χ3v) is 3.41. The molecule has 0 saturated carbocycles. The first-order chi connectivity index (χ1) is 10.6. The fraction of sp³-hybridized carbons (Fsp3) is 0.588. The van der Waals surface area contributed by atoms with Crippen LogP contribution < -0.4 is 15.5 Å². The van der Waals surface area contributed by atoms with E-state index in [0.717, 1.165) is 32.1 Å². The van der Waals surface area contributed by atoms with E-state index in [1.54, 1.807) is 7.11 Å². The summed E-state index contributed by atoms with van der Waals surface area (Å²) in [6, 6.07) is 6.49. The van der Waals surface area contributed by atoms with Gasteiger partial charge in [0.25, 0.3) is 0 Å². The Morgan fingerprint density at radius 1 is 1.26 bits per heavy atom. The fourth-order valence-electron chi connectivity index (χ4n) is 2.06. The minimum Gasteiger partial charge on any atom is -0.385 e. The Morgan fingerprint density at radius 2 is 2.00 bits per heavy atom. The van der Waals surface area contributed by atoms with Gasteiger partial charge >= 0.3 is 0 Å². The highest BCUT2D eigenvalue weighted by Gasteiger charge is 2.02. The van der Waals surface area contributed by atoms with Crippen LogP contribution in [-0.2, 0) is 11.3 Å². The van der Waals surface area contributed by atoms with Gasteiger partial charge in [0.2, 0.25) is 0 Å². The molecular weight excluding hydrogens is 403 g/mol. The molecule has 0 radical (unpaired) electrons. The van der Waals surface area contributed by atoms with Gasteiger partial charge in [-0.05, 0) is 43.5 Å². The number of hydrogen-bond acceptors (Lipinski definition) is 3. The first kappa shape index (κ1) is 22.0. The van der Waals surface area contributed by atoms with Crippen LogP contribution in [0.3, 0.4) is 0 Å². The zero-order chi connectivity index (χ0) is 16.4. The molecule has 0 amide bonds. The molecule has 0 aliphatic rings. The number of aliphatic imine (C=N–C) groups is 1. The summed E-state index contributed by atoms with van der Waals surface area (Å²) in [5.41, 5.74) is 3.74. The van der Waals surface area contributed by atoms with E-state index in [1.807, 2.05) is 0 Å². The highest BCUT2D eigenvalue weighted by Crippen LogP contribution is 2.17.